The molecule has 0 unspecified atom stereocenters. The van der Waals surface area contributed by atoms with E-state index in [9.17, 15) is 8.42 Å². The van der Waals surface area contributed by atoms with Gasteiger partial charge < -0.3 is 9.26 Å². The highest BCUT2D eigenvalue weighted by Gasteiger charge is 2.44. The highest BCUT2D eigenvalue weighted by Crippen LogP contribution is 2.37. The summed E-state index contributed by atoms with van der Waals surface area (Å²) in [5, 5.41) is 7.75. The van der Waals surface area contributed by atoms with E-state index in [0.717, 1.165) is 0 Å². The third-order valence-electron chi connectivity index (χ3n) is 4.47. The molecule has 0 saturated carbocycles. The number of piperidine rings is 1. The fourth-order valence-corrected chi connectivity index (χ4v) is 4.22. The van der Waals surface area contributed by atoms with Crippen LogP contribution in [-0.2, 0) is 33.4 Å². The number of ether oxygens (including phenoxy) is 1. The summed E-state index contributed by atoms with van der Waals surface area (Å²) in [5.74, 6) is 0.278. The molecule has 26 heavy (non-hydrogen) atoms. The minimum atomic E-state index is -3.69. The van der Waals surface area contributed by atoms with Gasteiger partial charge in [-0.1, -0.05) is 5.16 Å². The van der Waals surface area contributed by atoms with Crippen LogP contribution in [0.1, 0.15) is 31.5 Å². The summed E-state index contributed by atoms with van der Waals surface area (Å²) in [4.78, 5) is 4.20. The second kappa shape index (κ2) is 7.41. The Morgan fingerprint density at radius 1 is 1.38 bits per heavy atom. The van der Waals surface area contributed by atoms with E-state index >= 15 is 4.39 Å². The monoisotopic (exact) mass is 387 g/mol. The molecular formula is C15H22FN5O4S. The maximum atomic E-state index is 15.2. The topological polar surface area (TPSA) is 103 Å². The van der Waals surface area contributed by atoms with Crippen LogP contribution in [0.3, 0.4) is 0 Å². The molecule has 144 valence electrons. The fraction of sp³-hybridized carbons (Fsp3) is 0.667. The van der Waals surface area contributed by atoms with Gasteiger partial charge in [0.05, 0.1) is 12.8 Å². The zero-order chi connectivity index (χ0) is 18.8. The summed E-state index contributed by atoms with van der Waals surface area (Å²) >= 11 is 0. The summed E-state index contributed by atoms with van der Waals surface area (Å²) in [7, 11) is -2.14. The quantitative estimate of drug-likeness (QED) is 0.701. The Labute approximate surface area is 151 Å². The number of rotatable bonds is 7. The molecule has 0 aromatic carbocycles. The minimum Gasteiger partial charge on any atom is -0.384 e. The van der Waals surface area contributed by atoms with E-state index in [1.165, 1.54) is 21.4 Å². The summed E-state index contributed by atoms with van der Waals surface area (Å²) in [6.45, 7) is 2.92. The van der Waals surface area contributed by atoms with Crippen molar-refractivity contribution in [1.29, 1.82) is 0 Å². The molecule has 0 amide bonds. The molecule has 0 bridgehead atoms. The zero-order valence-electron chi connectivity index (χ0n) is 14.8. The van der Waals surface area contributed by atoms with Crippen LogP contribution in [0.25, 0.3) is 0 Å². The zero-order valence-corrected chi connectivity index (χ0v) is 15.6. The van der Waals surface area contributed by atoms with Gasteiger partial charge in [-0.2, -0.15) is 14.4 Å². The van der Waals surface area contributed by atoms with Crippen molar-refractivity contribution in [2.45, 2.75) is 43.3 Å². The Kier molecular flexibility index (Phi) is 5.39. The van der Waals surface area contributed by atoms with Gasteiger partial charge >= 0.3 is 0 Å². The molecule has 0 aliphatic carbocycles. The molecule has 3 heterocycles. The van der Waals surface area contributed by atoms with Gasteiger partial charge in [0.1, 0.15) is 4.90 Å². The van der Waals surface area contributed by atoms with Gasteiger partial charge in [-0.25, -0.2) is 12.8 Å². The Morgan fingerprint density at radius 2 is 2.12 bits per heavy atom. The molecule has 11 heteroatoms. The average Bonchev–Trinajstić information content (AvgIpc) is 3.30. The smallest absolute Gasteiger partial charge is 0.264 e. The molecule has 0 radical (unpaired) electrons. The second-order valence-electron chi connectivity index (χ2n) is 6.16. The third kappa shape index (κ3) is 3.64. The van der Waals surface area contributed by atoms with Crippen molar-refractivity contribution in [3.05, 3.63) is 24.1 Å². The van der Waals surface area contributed by atoms with Crippen molar-refractivity contribution in [2.24, 2.45) is 0 Å². The Hall–Kier alpha value is -1.85. The lowest BCUT2D eigenvalue weighted by Gasteiger charge is -2.33. The lowest BCUT2D eigenvalue weighted by molar-refractivity contribution is 0.0511. The first-order valence-electron chi connectivity index (χ1n) is 8.42. The number of halogens is 1. The predicted molar refractivity (Wildman–Crippen MR) is 88.6 cm³/mol. The molecule has 2 aromatic rings. The molecule has 1 aliphatic heterocycles. The number of methoxy groups -OCH3 is 1. The first kappa shape index (κ1) is 18.9. The van der Waals surface area contributed by atoms with E-state index in [4.69, 9.17) is 9.26 Å². The number of aromatic nitrogens is 4. The highest BCUT2D eigenvalue weighted by molar-refractivity contribution is 7.89. The summed E-state index contributed by atoms with van der Waals surface area (Å²) in [5.41, 5.74) is -1.82. The summed E-state index contributed by atoms with van der Waals surface area (Å²) < 4.78 is 53.3. The molecule has 1 saturated heterocycles. The normalized spacial score (nSPS) is 18.3. The number of alkyl halides is 1. The molecule has 0 spiro atoms. The van der Waals surface area contributed by atoms with Crippen LogP contribution < -0.4 is 0 Å². The lowest BCUT2D eigenvalue weighted by Crippen LogP contribution is -2.43. The van der Waals surface area contributed by atoms with Crippen molar-refractivity contribution in [3.63, 3.8) is 0 Å². The summed E-state index contributed by atoms with van der Waals surface area (Å²) in [6, 6.07) is 0. The van der Waals surface area contributed by atoms with Gasteiger partial charge in [0.15, 0.2) is 11.5 Å². The van der Waals surface area contributed by atoms with E-state index < -0.39 is 15.7 Å². The number of hydrogen-bond donors (Lipinski definition) is 0. The predicted octanol–water partition coefficient (Wildman–Crippen LogP) is 1.12. The lowest BCUT2D eigenvalue weighted by atomic mass is 9.94. The van der Waals surface area contributed by atoms with Crippen molar-refractivity contribution >= 4 is 10.0 Å². The van der Waals surface area contributed by atoms with Crippen molar-refractivity contribution in [2.75, 3.05) is 26.8 Å². The molecular weight excluding hydrogens is 365 g/mol. The van der Waals surface area contributed by atoms with Gasteiger partial charge in [0.25, 0.3) is 5.89 Å². The van der Waals surface area contributed by atoms with Gasteiger partial charge in [-0.05, 0) is 6.92 Å². The molecule has 1 fully saturated rings. The first-order valence-corrected chi connectivity index (χ1v) is 9.86. The Morgan fingerprint density at radius 3 is 2.73 bits per heavy atom. The van der Waals surface area contributed by atoms with Crippen LogP contribution in [0, 0.1) is 0 Å². The van der Waals surface area contributed by atoms with Gasteiger partial charge in [-0.15, -0.1) is 0 Å². The van der Waals surface area contributed by atoms with Gasteiger partial charge in [-0.3, -0.25) is 4.68 Å². The van der Waals surface area contributed by atoms with Crippen LogP contribution in [0.15, 0.2) is 21.8 Å². The van der Waals surface area contributed by atoms with E-state index in [1.54, 1.807) is 7.11 Å². The average molecular weight is 387 g/mol. The maximum absolute atomic E-state index is 15.2. The Balaban J connectivity index is 1.68. The molecule has 9 nitrogen and oxygen atoms in total. The fourth-order valence-electron chi connectivity index (χ4n) is 2.83. The van der Waals surface area contributed by atoms with Crippen LogP contribution >= 0.6 is 0 Å². The molecule has 3 rings (SSSR count). The Bertz CT molecular complexity index is 842. The maximum Gasteiger partial charge on any atom is 0.264 e. The number of sulfonamides is 1. The van der Waals surface area contributed by atoms with Crippen molar-refractivity contribution in [3.8, 4) is 0 Å². The minimum absolute atomic E-state index is 0.0337. The van der Waals surface area contributed by atoms with Crippen molar-refractivity contribution in [1.82, 2.24) is 24.2 Å². The number of nitrogens with zero attached hydrogens (tertiary/aromatic N) is 5. The third-order valence-corrected chi connectivity index (χ3v) is 6.32. The summed E-state index contributed by atoms with van der Waals surface area (Å²) in [6.07, 6.45) is 3.14. The van der Waals surface area contributed by atoms with Gasteiger partial charge in [0, 0.05) is 52.2 Å². The number of hydrogen-bond acceptors (Lipinski definition) is 7. The second-order valence-corrected chi connectivity index (χ2v) is 8.10. The molecule has 0 atom stereocenters. The highest BCUT2D eigenvalue weighted by atomic mass is 32.2. The van der Waals surface area contributed by atoms with Crippen LogP contribution in [0.2, 0.25) is 0 Å². The molecule has 0 N–H and O–H groups in total. The van der Waals surface area contributed by atoms with E-state index in [0.29, 0.717) is 25.4 Å². The largest absolute Gasteiger partial charge is 0.384 e. The first-order chi connectivity index (χ1) is 12.4. The SMILES string of the molecule is CCn1cc(S(=O)(=O)N2CCC(F)(c3nc(CCOC)no3)CC2)cn1. The van der Waals surface area contributed by atoms with E-state index in [2.05, 4.69) is 15.2 Å². The van der Waals surface area contributed by atoms with E-state index in [1.807, 2.05) is 6.92 Å². The van der Waals surface area contributed by atoms with Crippen LogP contribution in [-0.4, -0.2) is 59.5 Å². The molecule has 2 aromatic heterocycles. The van der Waals surface area contributed by atoms with Crippen LogP contribution in [0.5, 0.6) is 0 Å². The van der Waals surface area contributed by atoms with Crippen LogP contribution in [0.4, 0.5) is 4.39 Å². The standard InChI is InChI=1S/C15H22FN5O4S/c1-3-20-11-12(10-17-20)26(22,23)21-7-5-15(16,6-8-21)14-18-13(19-25-14)4-9-24-2/h10-11H,3-9H2,1-2H3. The number of aryl methyl sites for hydroxylation is 1. The van der Waals surface area contributed by atoms with Crippen molar-refractivity contribution < 1.29 is 22.1 Å². The van der Waals surface area contributed by atoms with E-state index in [-0.39, 0.29) is 36.7 Å². The van der Waals surface area contributed by atoms with Gasteiger partial charge in [0.2, 0.25) is 10.0 Å². The molecule has 1 aliphatic rings.